The number of likely N-dealkylation sites (N-methyl/N-ethyl adjacent to an activating group) is 1. The molecule has 3 rings (SSSR count). The summed E-state index contributed by atoms with van der Waals surface area (Å²) in [4.78, 5) is 13.5. The highest BCUT2D eigenvalue weighted by atomic mass is 16.5. The van der Waals surface area contributed by atoms with E-state index < -0.39 is 6.09 Å². The van der Waals surface area contributed by atoms with E-state index in [0.29, 0.717) is 31.1 Å². The SMILES string of the molecule is CCOCC1(CC)CCC(c2c(CN(C)CCOC(=O)NC)nn3c2COCC3)CC1. The predicted molar refractivity (Wildman–Crippen MR) is 119 cm³/mol. The number of nitrogens with zero attached hydrogens (tertiary/aromatic N) is 3. The van der Waals surface area contributed by atoms with Crippen molar-refractivity contribution in [2.75, 3.05) is 47.1 Å². The van der Waals surface area contributed by atoms with Crippen molar-refractivity contribution < 1.29 is 19.0 Å². The van der Waals surface area contributed by atoms with Gasteiger partial charge in [0.05, 0.1) is 37.8 Å². The second-order valence-electron chi connectivity index (χ2n) is 8.97. The van der Waals surface area contributed by atoms with E-state index in [0.717, 1.165) is 38.6 Å². The number of carbonyl (C=O) groups excluding carboxylic acids is 1. The van der Waals surface area contributed by atoms with Crippen LogP contribution in [0.4, 0.5) is 4.79 Å². The molecule has 1 aliphatic heterocycles. The minimum atomic E-state index is -0.391. The van der Waals surface area contributed by atoms with Crippen molar-refractivity contribution in [3.05, 3.63) is 17.0 Å². The van der Waals surface area contributed by atoms with Crippen LogP contribution in [0, 0.1) is 5.41 Å². The van der Waals surface area contributed by atoms with Crippen LogP contribution in [0.2, 0.25) is 0 Å². The van der Waals surface area contributed by atoms with Crippen molar-refractivity contribution in [2.24, 2.45) is 5.41 Å². The fourth-order valence-electron chi connectivity index (χ4n) is 4.95. The molecule has 0 unspecified atom stereocenters. The molecule has 1 fully saturated rings. The van der Waals surface area contributed by atoms with Crippen molar-refractivity contribution in [1.29, 1.82) is 0 Å². The molecule has 1 aromatic rings. The summed E-state index contributed by atoms with van der Waals surface area (Å²) in [5, 5.41) is 7.46. The van der Waals surface area contributed by atoms with Crippen molar-refractivity contribution >= 4 is 6.09 Å². The van der Waals surface area contributed by atoms with Crippen molar-refractivity contribution in [1.82, 2.24) is 20.0 Å². The third-order valence-corrected chi connectivity index (χ3v) is 7.01. The number of hydrogen-bond acceptors (Lipinski definition) is 6. The molecule has 0 bridgehead atoms. The molecule has 0 spiro atoms. The molecule has 176 valence electrons. The Morgan fingerprint density at radius 1 is 1.35 bits per heavy atom. The van der Waals surface area contributed by atoms with Gasteiger partial charge in [0.1, 0.15) is 6.61 Å². The highest BCUT2D eigenvalue weighted by Crippen LogP contribution is 2.47. The Bertz CT molecular complexity index is 713. The van der Waals surface area contributed by atoms with Gasteiger partial charge in [0.25, 0.3) is 0 Å². The van der Waals surface area contributed by atoms with E-state index in [2.05, 4.69) is 35.8 Å². The maximum atomic E-state index is 11.3. The second-order valence-corrected chi connectivity index (χ2v) is 8.97. The van der Waals surface area contributed by atoms with Crippen LogP contribution in [0.3, 0.4) is 0 Å². The molecule has 0 atom stereocenters. The molecule has 1 saturated carbocycles. The zero-order chi connectivity index (χ0) is 22.3. The van der Waals surface area contributed by atoms with Crippen LogP contribution in [-0.4, -0.2) is 67.8 Å². The Balaban J connectivity index is 1.70. The Morgan fingerprint density at radius 3 is 2.81 bits per heavy atom. The first-order chi connectivity index (χ1) is 15.0. The van der Waals surface area contributed by atoms with Gasteiger partial charge in [-0.3, -0.25) is 9.58 Å². The summed E-state index contributed by atoms with van der Waals surface area (Å²) in [7, 11) is 3.62. The van der Waals surface area contributed by atoms with Gasteiger partial charge >= 0.3 is 6.09 Å². The van der Waals surface area contributed by atoms with E-state index >= 15 is 0 Å². The van der Waals surface area contributed by atoms with Crippen LogP contribution >= 0.6 is 0 Å². The standard InChI is InChI=1S/C23H40N4O4/c1-5-23(17-29-6-2)9-7-18(8-10-23)21-19(25-27-12-13-30-16-20(21)27)15-26(4)11-14-31-22(28)24-3/h18H,5-17H2,1-4H3,(H,24,28). The third-order valence-electron chi connectivity index (χ3n) is 7.01. The van der Waals surface area contributed by atoms with Gasteiger partial charge in [-0.1, -0.05) is 6.92 Å². The number of rotatable bonds is 10. The number of fused-ring (bicyclic) bond motifs is 1. The lowest BCUT2D eigenvalue weighted by Crippen LogP contribution is -2.32. The number of alkyl carbamates (subject to hydrolysis) is 1. The zero-order valence-corrected chi connectivity index (χ0v) is 19.7. The quantitative estimate of drug-likeness (QED) is 0.606. The minimum Gasteiger partial charge on any atom is -0.448 e. The van der Waals surface area contributed by atoms with Crippen molar-refractivity contribution in [2.45, 2.75) is 71.6 Å². The fraction of sp³-hybridized carbons (Fsp3) is 0.826. The van der Waals surface area contributed by atoms with Gasteiger partial charge in [-0.15, -0.1) is 0 Å². The van der Waals surface area contributed by atoms with Crippen LogP contribution in [0.15, 0.2) is 0 Å². The summed E-state index contributed by atoms with van der Waals surface area (Å²) in [6.45, 7) is 10.0. The molecular formula is C23H40N4O4. The van der Waals surface area contributed by atoms with E-state index in [4.69, 9.17) is 19.3 Å². The van der Waals surface area contributed by atoms with E-state index in [1.807, 2.05) is 0 Å². The maximum absolute atomic E-state index is 11.3. The largest absolute Gasteiger partial charge is 0.448 e. The van der Waals surface area contributed by atoms with E-state index in [1.165, 1.54) is 43.4 Å². The summed E-state index contributed by atoms with van der Waals surface area (Å²) in [5.41, 5.74) is 4.14. The lowest BCUT2D eigenvalue weighted by atomic mass is 9.67. The lowest BCUT2D eigenvalue weighted by Gasteiger charge is -2.40. The van der Waals surface area contributed by atoms with Gasteiger partial charge in [-0.05, 0) is 57.4 Å². The molecule has 8 heteroatoms. The second kappa shape index (κ2) is 11.3. The maximum Gasteiger partial charge on any atom is 0.406 e. The molecule has 0 aromatic carbocycles. The van der Waals surface area contributed by atoms with Crippen LogP contribution < -0.4 is 5.32 Å². The van der Waals surface area contributed by atoms with Crippen molar-refractivity contribution in [3.63, 3.8) is 0 Å². The predicted octanol–water partition coefficient (Wildman–Crippen LogP) is 3.29. The third kappa shape index (κ3) is 5.99. The van der Waals surface area contributed by atoms with E-state index in [1.54, 1.807) is 7.05 Å². The number of hydrogen-bond donors (Lipinski definition) is 1. The average molecular weight is 437 g/mol. The van der Waals surface area contributed by atoms with E-state index in [9.17, 15) is 4.79 Å². The van der Waals surface area contributed by atoms with Crippen LogP contribution in [0.25, 0.3) is 0 Å². The first kappa shape index (κ1) is 24.0. The fourth-order valence-corrected chi connectivity index (χ4v) is 4.95. The molecule has 1 amide bonds. The number of nitrogens with one attached hydrogen (secondary N) is 1. The van der Waals surface area contributed by atoms with Crippen LogP contribution in [0.1, 0.15) is 68.8 Å². The lowest BCUT2D eigenvalue weighted by molar-refractivity contribution is 0.0189. The van der Waals surface area contributed by atoms with Gasteiger partial charge in [0.2, 0.25) is 0 Å². The Kier molecular flexibility index (Phi) is 8.75. The number of ether oxygens (including phenoxy) is 3. The van der Waals surface area contributed by atoms with Gasteiger partial charge < -0.3 is 19.5 Å². The van der Waals surface area contributed by atoms with Crippen molar-refractivity contribution in [3.8, 4) is 0 Å². The van der Waals surface area contributed by atoms with Gasteiger partial charge in [0, 0.05) is 32.3 Å². The molecule has 2 aliphatic rings. The topological polar surface area (TPSA) is 77.9 Å². The molecule has 0 saturated heterocycles. The summed E-state index contributed by atoms with van der Waals surface area (Å²) in [6.07, 6.45) is 5.55. The molecule has 31 heavy (non-hydrogen) atoms. The number of aromatic nitrogens is 2. The highest BCUT2D eigenvalue weighted by Gasteiger charge is 2.37. The Morgan fingerprint density at radius 2 is 2.13 bits per heavy atom. The van der Waals surface area contributed by atoms with Gasteiger partial charge in [0.15, 0.2) is 0 Å². The van der Waals surface area contributed by atoms with Crippen LogP contribution in [0.5, 0.6) is 0 Å². The Hall–Kier alpha value is -1.64. The summed E-state index contributed by atoms with van der Waals surface area (Å²) in [5.74, 6) is 0.525. The van der Waals surface area contributed by atoms with Gasteiger partial charge in [-0.2, -0.15) is 5.10 Å². The Labute approximate surface area is 186 Å². The summed E-state index contributed by atoms with van der Waals surface area (Å²) >= 11 is 0. The van der Waals surface area contributed by atoms with Crippen LogP contribution in [-0.2, 0) is 33.9 Å². The highest BCUT2D eigenvalue weighted by molar-refractivity contribution is 5.66. The summed E-state index contributed by atoms with van der Waals surface area (Å²) in [6, 6.07) is 0. The monoisotopic (exact) mass is 436 g/mol. The first-order valence-electron chi connectivity index (χ1n) is 11.8. The smallest absolute Gasteiger partial charge is 0.406 e. The minimum absolute atomic E-state index is 0.324. The normalized spacial score (nSPS) is 23.6. The van der Waals surface area contributed by atoms with Gasteiger partial charge in [-0.25, -0.2) is 4.79 Å². The average Bonchev–Trinajstić information content (AvgIpc) is 3.15. The first-order valence-corrected chi connectivity index (χ1v) is 11.8. The number of carbonyl (C=O) groups is 1. The molecule has 8 nitrogen and oxygen atoms in total. The molecular weight excluding hydrogens is 396 g/mol. The molecule has 1 N–H and O–H groups in total. The molecule has 0 radical (unpaired) electrons. The van der Waals surface area contributed by atoms with E-state index in [-0.39, 0.29) is 0 Å². The summed E-state index contributed by atoms with van der Waals surface area (Å²) < 4.78 is 18.9. The molecule has 1 aliphatic carbocycles. The zero-order valence-electron chi connectivity index (χ0n) is 19.7. The molecule has 2 heterocycles. The number of amides is 1. The molecule has 1 aromatic heterocycles.